The topological polar surface area (TPSA) is 36.3 Å². The number of nitrogens with zero attached hydrogens (tertiary/aromatic N) is 2. The third kappa shape index (κ3) is 5.57. The molecule has 0 amide bonds. The summed E-state index contributed by atoms with van der Waals surface area (Å²) < 4.78 is 44.5. The minimum atomic E-state index is -4.36. The van der Waals surface area contributed by atoms with Crippen LogP contribution in [0.15, 0.2) is 84.9 Å². The van der Waals surface area contributed by atoms with Crippen LogP contribution in [0.25, 0.3) is 0 Å². The van der Waals surface area contributed by atoms with Gasteiger partial charge in [-0.05, 0) is 68.5 Å². The predicted octanol–water partition coefficient (Wildman–Crippen LogP) is 7.23. The lowest BCUT2D eigenvalue weighted by atomic mass is 9.70. The van der Waals surface area contributed by atoms with Crippen molar-refractivity contribution in [1.82, 2.24) is 4.90 Å². The average molecular weight is 493 g/mol. The summed E-state index contributed by atoms with van der Waals surface area (Å²) in [6.45, 7) is 5.88. The second kappa shape index (κ2) is 10.4. The van der Waals surface area contributed by atoms with E-state index in [1.54, 1.807) is 0 Å². The molecule has 36 heavy (non-hydrogen) atoms. The number of benzene rings is 3. The lowest BCUT2D eigenvalue weighted by Gasteiger charge is -2.38. The standard InChI is InChI=1S/C30H31F3N2O/c1-28(2,35-20-17-27(21-35)36-26-15-13-25(14-16-26)30(31,32)33)18-19-29(22-34,23-9-5-3-6-10-23)24-11-7-4-8-12-24/h3-16,27H,17-21H2,1-2H3. The van der Waals surface area contributed by atoms with E-state index in [-0.39, 0.29) is 11.6 Å². The SMILES string of the molecule is CC(C)(CCC(C#N)(c1ccccc1)c1ccccc1)N1CCC(Oc2ccc(C(F)(F)F)cc2)C1. The van der Waals surface area contributed by atoms with E-state index in [0.717, 1.165) is 42.6 Å². The predicted molar refractivity (Wildman–Crippen MR) is 135 cm³/mol. The molecule has 1 aliphatic rings. The highest BCUT2D eigenvalue weighted by atomic mass is 19.4. The van der Waals surface area contributed by atoms with Gasteiger partial charge in [-0.1, -0.05) is 60.7 Å². The van der Waals surface area contributed by atoms with Crippen molar-refractivity contribution in [2.24, 2.45) is 0 Å². The molecule has 3 aromatic carbocycles. The van der Waals surface area contributed by atoms with Crippen LogP contribution in [0.2, 0.25) is 0 Å². The summed E-state index contributed by atoms with van der Waals surface area (Å²) in [7, 11) is 0. The maximum atomic E-state index is 12.8. The van der Waals surface area contributed by atoms with E-state index in [0.29, 0.717) is 18.7 Å². The second-order valence-corrected chi connectivity index (χ2v) is 10.1. The van der Waals surface area contributed by atoms with E-state index in [4.69, 9.17) is 4.74 Å². The van der Waals surface area contributed by atoms with E-state index in [2.05, 4.69) is 24.8 Å². The van der Waals surface area contributed by atoms with Crippen molar-refractivity contribution in [3.63, 3.8) is 0 Å². The Morgan fingerprint density at radius 3 is 1.89 bits per heavy atom. The van der Waals surface area contributed by atoms with Crippen molar-refractivity contribution in [3.8, 4) is 11.8 Å². The van der Waals surface area contributed by atoms with E-state index < -0.39 is 17.2 Å². The fraction of sp³-hybridized carbons (Fsp3) is 0.367. The summed E-state index contributed by atoms with van der Waals surface area (Å²) in [4.78, 5) is 2.36. The van der Waals surface area contributed by atoms with E-state index >= 15 is 0 Å². The molecule has 188 valence electrons. The number of alkyl halides is 3. The summed E-state index contributed by atoms with van der Waals surface area (Å²) in [5.41, 5.74) is 0.347. The molecule has 0 saturated carbocycles. The highest BCUT2D eigenvalue weighted by Gasteiger charge is 2.40. The smallest absolute Gasteiger partial charge is 0.416 e. The van der Waals surface area contributed by atoms with Gasteiger partial charge >= 0.3 is 6.18 Å². The van der Waals surface area contributed by atoms with Crippen molar-refractivity contribution >= 4 is 0 Å². The number of halogens is 3. The minimum Gasteiger partial charge on any atom is -0.489 e. The maximum absolute atomic E-state index is 12.8. The molecule has 0 aliphatic carbocycles. The quantitative estimate of drug-likeness (QED) is 0.333. The van der Waals surface area contributed by atoms with Gasteiger partial charge in [0.25, 0.3) is 0 Å². The monoisotopic (exact) mass is 492 g/mol. The van der Waals surface area contributed by atoms with E-state index in [1.165, 1.54) is 12.1 Å². The van der Waals surface area contributed by atoms with Gasteiger partial charge in [-0.2, -0.15) is 18.4 Å². The van der Waals surface area contributed by atoms with Gasteiger partial charge in [0.15, 0.2) is 0 Å². The molecule has 1 saturated heterocycles. The van der Waals surface area contributed by atoms with Gasteiger partial charge in [0, 0.05) is 18.6 Å². The van der Waals surface area contributed by atoms with Crippen LogP contribution in [0.5, 0.6) is 5.75 Å². The van der Waals surface area contributed by atoms with Gasteiger partial charge in [0.2, 0.25) is 0 Å². The van der Waals surface area contributed by atoms with Gasteiger partial charge < -0.3 is 4.74 Å². The van der Waals surface area contributed by atoms with Crippen LogP contribution in [0.4, 0.5) is 13.2 Å². The van der Waals surface area contributed by atoms with Crippen molar-refractivity contribution in [2.45, 2.75) is 56.3 Å². The van der Waals surface area contributed by atoms with Crippen LogP contribution in [-0.4, -0.2) is 29.6 Å². The van der Waals surface area contributed by atoms with E-state index in [9.17, 15) is 18.4 Å². The summed E-state index contributed by atoms with van der Waals surface area (Å²) >= 11 is 0. The van der Waals surface area contributed by atoms with Gasteiger partial charge in [-0.3, -0.25) is 4.90 Å². The number of hydrogen-bond acceptors (Lipinski definition) is 3. The normalized spacial score (nSPS) is 17.1. The first-order valence-corrected chi connectivity index (χ1v) is 12.3. The molecule has 4 rings (SSSR count). The molecule has 0 radical (unpaired) electrons. The molecule has 1 fully saturated rings. The average Bonchev–Trinajstić information content (AvgIpc) is 3.35. The molecule has 1 atom stereocenters. The Bertz CT molecular complexity index is 1130. The molecule has 1 aliphatic heterocycles. The first-order valence-electron chi connectivity index (χ1n) is 12.3. The summed E-state index contributed by atoms with van der Waals surface area (Å²) in [5, 5.41) is 10.5. The fourth-order valence-corrected chi connectivity index (χ4v) is 5.03. The highest BCUT2D eigenvalue weighted by Crippen LogP contribution is 2.40. The molecule has 0 N–H and O–H groups in total. The van der Waals surface area contributed by atoms with Crippen LogP contribution < -0.4 is 4.74 Å². The molecule has 3 aromatic rings. The number of nitriles is 1. The molecular formula is C30H31F3N2O. The van der Waals surface area contributed by atoms with Gasteiger partial charge in [-0.25, -0.2) is 0 Å². The highest BCUT2D eigenvalue weighted by molar-refractivity contribution is 5.45. The number of ether oxygens (including phenoxy) is 1. The van der Waals surface area contributed by atoms with Gasteiger partial charge in [-0.15, -0.1) is 0 Å². The lowest BCUT2D eigenvalue weighted by Crippen LogP contribution is -2.44. The Balaban J connectivity index is 1.45. The van der Waals surface area contributed by atoms with Crippen LogP contribution >= 0.6 is 0 Å². The molecule has 0 spiro atoms. The summed E-state index contributed by atoms with van der Waals surface area (Å²) in [6, 6.07) is 27.4. The van der Waals surface area contributed by atoms with Crippen LogP contribution in [0.1, 0.15) is 49.8 Å². The molecule has 1 unspecified atom stereocenters. The molecule has 0 bridgehead atoms. The van der Waals surface area contributed by atoms with Crippen LogP contribution in [0.3, 0.4) is 0 Å². The number of likely N-dealkylation sites (tertiary alicyclic amines) is 1. The van der Waals surface area contributed by atoms with Crippen molar-refractivity contribution < 1.29 is 17.9 Å². The first kappa shape index (κ1) is 25.8. The molecule has 0 aromatic heterocycles. The zero-order valence-corrected chi connectivity index (χ0v) is 20.6. The number of rotatable bonds is 8. The minimum absolute atomic E-state index is 0.0926. The maximum Gasteiger partial charge on any atom is 0.416 e. The first-order chi connectivity index (χ1) is 17.1. The number of hydrogen-bond donors (Lipinski definition) is 0. The third-order valence-corrected chi connectivity index (χ3v) is 7.32. The second-order valence-electron chi connectivity index (χ2n) is 10.1. The molecule has 3 nitrogen and oxygen atoms in total. The van der Waals surface area contributed by atoms with E-state index in [1.807, 2.05) is 60.7 Å². The Morgan fingerprint density at radius 2 is 1.39 bits per heavy atom. The Morgan fingerprint density at radius 1 is 0.833 bits per heavy atom. The van der Waals surface area contributed by atoms with Crippen molar-refractivity contribution in [1.29, 1.82) is 5.26 Å². The Labute approximate surface area is 211 Å². The molecule has 6 heteroatoms. The van der Waals surface area contributed by atoms with Crippen molar-refractivity contribution in [3.05, 3.63) is 102 Å². The Kier molecular flexibility index (Phi) is 7.42. The summed E-state index contributed by atoms with van der Waals surface area (Å²) in [5.74, 6) is 0.448. The van der Waals surface area contributed by atoms with Crippen LogP contribution in [-0.2, 0) is 11.6 Å². The van der Waals surface area contributed by atoms with Crippen molar-refractivity contribution in [2.75, 3.05) is 13.1 Å². The largest absolute Gasteiger partial charge is 0.489 e. The van der Waals surface area contributed by atoms with Gasteiger partial charge in [0.1, 0.15) is 17.3 Å². The molecule has 1 heterocycles. The third-order valence-electron chi connectivity index (χ3n) is 7.32. The van der Waals surface area contributed by atoms with Gasteiger partial charge in [0.05, 0.1) is 11.6 Å². The summed E-state index contributed by atoms with van der Waals surface area (Å²) in [6.07, 6.45) is -2.20. The fourth-order valence-electron chi connectivity index (χ4n) is 5.03. The zero-order chi connectivity index (χ0) is 25.8. The Hall–Kier alpha value is -3.30. The molecular weight excluding hydrogens is 461 g/mol. The lowest BCUT2D eigenvalue weighted by molar-refractivity contribution is -0.137. The van der Waals surface area contributed by atoms with Crippen LogP contribution in [0, 0.1) is 11.3 Å². The zero-order valence-electron chi connectivity index (χ0n) is 20.6.